The highest BCUT2D eigenvalue weighted by atomic mass is 79.9. The van der Waals surface area contributed by atoms with Crippen LogP contribution in [-0.2, 0) is 0 Å². The minimum atomic E-state index is -0.197. The van der Waals surface area contributed by atoms with Crippen molar-refractivity contribution in [2.24, 2.45) is 0 Å². The summed E-state index contributed by atoms with van der Waals surface area (Å²) in [5, 5.41) is 14.7. The van der Waals surface area contributed by atoms with Gasteiger partial charge < -0.3 is 5.11 Å². The molecule has 0 amide bonds. The summed E-state index contributed by atoms with van der Waals surface area (Å²) in [7, 11) is 0. The molecule has 0 aliphatic rings. The first-order valence-electron chi connectivity index (χ1n) is 3.27. The van der Waals surface area contributed by atoms with Crippen LogP contribution in [0.1, 0.15) is 0 Å². The number of nitrogens with one attached hydrogen (secondary N) is 2. The van der Waals surface area contributed by atoms with Gasteiger partial charge in [-0.2, -0.15) is 0 Å². The lowest BCUT2D eigenvalue weighted by molar-refractivity contribution is 0.475. The van der Waals surface area contributed by atoms with Crippen LogP contribution in [0.4, 0.5) is 0 Å². The van der Waals surface area contributed by atoms with E-state index in [2.05, 4.69) is 26.1 Å². The molecule has 3 N–H and O–H groups in total. The van der Waals surface area contributed by atoms with Crippen LogP contribution in [0.5, 0.6) is 5.75 Å². The van der Waals surface area contributed by atoms with Crippen molar-refractivity contribution in [2.45, 2.75) is 0 Å². The van der Waals surface area contributed by atoms with Crippen molar-refractivity contribution in [3.05, 3.63) is 27.0 Å². The number of phenolic OH excluding ortho intramolecular Hbond substituents is 1. The molecule has 0 aliphatic heterocycles. The van der Waals surface area contributed by atoms with Crippen LogP contribution in [0, 0.1) is 0 Å². The molecule has 1 heterocycles. The monoisotopic (exact) mass is 228 g/mol. The summed E-state index contributed by atoms with van der Waals surface area (Å²) in [4.78, 5) is 11.1. The van der Waals surface area contributed by atoms with Crippen molar-refractivity contribution in [3.63, 3.8) is 0 Å². The molecule has 62 valence electrons. The van der Waals surface area contributed by atoms with Crippen LogP contribution in [0.3, 0.4) is 0 Å². The van der Waals surface area contributed by atoms with E-state index in [1.807, 2.05) is 0 Å². The van der Waals surface area contributed by atoms with Crippen LogP contribution < -0.4 is 5.56 Å². The standard InChI is InChI=1S/C7H5BrN2O2/c8-4-1-3(11)2-5-6(4)7(12)10-9-5/h1-2,11H,(H2,9,10,12). The Labute approximate surface area is 75.3 Å². The van der Waals surface area contributed by atoms with E-state index in [9.17, 15) is 4.79 Å². The van der Waals surface area contributed by atoms with Gasteiger partial charge >= 0.3 is 0 Å². The number of fused-ring (bicyclic) bond motifs is 1. The molecule has 2 rings (SSSR count). The normalized spacial score (nSPS) is 10.8. The van der Waals surface area contributed by atoms with Gasteiger partial charge in [0.05, 0.1) is 10.9 Å². The maximum Gasteiger partial charge on any atom is 0.272 e. The fourth-order valence-electron chi connectivity index (χ4n) is 1.11. The number of hydrogen-bond acceptors (Lipinski definition) is 2. The minimum absolute atomic E-state index is 0.115. The molecule has 2 aromatic rings. The number of H-pyrrole nitrogens is 2. The number of halogens is 1. The number of aromatic nitrogens is 2. The molecule has 0 aliphatic carbocycles. The van der Waals surface area contributed by atoms with E-state index in [1.54, 1.807) is 0 Å². The lowest BCUT2D eigenvalue weighted by atomic mass is 10.2. The van der Waals surface area contributed by atoms with Gasteiger partial charge in [-0.1, -0.05) is 0 Å². The van der Waals surface area contributed by atoms with Gasteiger partial charge in [0.2, 0.25) is 0 Å². The number of aromatic hydroxyl groups is 1. The summed E-state index contributed by atoms with van der Waals surface area (Å²) in [6.07, 6.45) is 0. The van der Waals surface area contributed by atoms with Gasteiger partial charge in [-0.3, -0.25) is 15.0 Å². The molecule has 0 saturated heterocycles. The van der Waals surface area contributed by atoms with Crippen molar-refractivity contribution in [1.82, 2.24) is 10.2 Å². The lowest BCUT2D eigenvalue weighted by Crippen LogP contribution is -1.97. The summed E-state index contributed by atoms with van der Waals surface area (Å²) in [6.45, 7) is 0. The highest BCUT2D eigenvalue weighted by Gasteiger charge is 2.05. The topological polar surface area (TPSA) is 68.9 Å². The summed E-state index contributed by atoms with van der Waals surface area (Å²) in [5.41, 5.74) is 0.392. The van der Waals surface area contributed by atoms with Crippen LogP contribution in [0.25, 0.3) is 10.9 Å². The molecule has 0 radical (unpaired) electrons. The van der Waals surface area contributed by atoms with E-state index >= 15 is 0 Å². The number of phenols is 1. The van der Waals surface area contributed by atoms with Gasteiger partial charge in [-0.15, -0.1) is 0 Å². The highest BCUT2D eigenvalue weighted by molar-refractivity contribution is 9.10. The molecule has 4 nitrogen and oxygen atoms in total. The first-order chi connectivity index (χ1) is 5.68. The summed E-state index contributed by atoms with van der Waals surface area (Å²) < 4.78 is 0.583. The van der Waals surface area contributed by atoms with E-state index in [4.69, 9.17) is 5.11 Å². The largest absolute Gasteiger partial charge is 0.508 e. The molecule has 5 heteroatoms. The summed E-state index contributed by atoms with van der Waals surface area (Å²) in [6, 6.07) is 2.96. The Bertz CT molecular complexity index is 486. The van der Waals surface area contributed by atoms with Gasteiger partial charge in [-0.05, 0) is 22.0 Å². The second-order valence-electron chi connectivity index (χ2n) is 2.43. The maximum absolute atomic E-state index is 11.1. The Kier molecular flexibility index (Phi) is 1.47. The molecule has 1 aromatic carbocycles. The van der Waals surface area contributed by atoms with Gasteiger partial charge in [0, 0.05) is 10.5 Å². The average molecular weight is 229 g/mol. The smallest absolute Gasteiger partial charge is 0.272 e. The number of benzene rings is 1. The maximum atomic E-state index is 11.1. The van der Waals surface area contributed by atoms with E-state index in [-0.39, 0.29) is 11.3 Å². The minimum Gasteiger partial charge on any atom is -0.508 e. The van der Waals surface area contributed by atoms with Crippen molar-refractivity contribution in [2.75, 3.05) is 0 Å². The first-order valence-corrected chi connectivity index (χ1v) is 4.06. The van der Waals surface area contributed by atoms with E-state index in [1.165, 1.54) is 12.1 Å². The van der Waals surface area contributed by atoms with Gasteiger partial charge in [0.25, 0.3) is 5.56 Å². The van der Waals surface area contributed by atoms with Crippen molar-refractivity contribution in [1.29, 1.82) is 0 Å². The molecular weight excluding hydrogens is 224 g/mol. The van der Waals surface area contributed by atoms with E-state index in [0.717, 1.165) is 0 Å². The van der Waals surface area contributed by atoms with Crippen LogP contribution in [-0.4, -0.2) is 15.3 Å². The van der Waals surface area contributed by atoms with E-state index in [0.29, 0.717) is 15.4 Å². The zero-order valence-corrected chi connectivity index (χ0v) is 7.47. The zero-order chi connectivity index (χ0) is 8.72. The predicted octanol–water partition coefficient (Wildman–Crippen LogP) is 1.32. The van der Waals surface area contributed by atoms with E-state index < -0.39 is 0 Å². The third-order valence-electron chi connectivity index (χ3n) is 1.61. The van der Waals surface area contributed by atoms with Crippen molar-refractivity contribution < 1.29 is 5.11 Å². The average Bonchev–Trinajstić information content (AvgIpc) is 2.31. The molecule has 0 saturated carbocycles. The lowest BCUT2D eigenvalue weighted by Gasteiger charge is -1.93. The zero-order valence-electron chi connectivity index (χ0n) is 5.89. The SMILES string of the molecule is O=c1[nH][nH]c2cc(O)cc(Br)c12. The Morgan fingerprint density at radius 3 is 2.83 bits per heavy atom. The predicted molar refractivity (Wildman–Crippen MR) is 48.3 cm³/mol. The summed E-state index contributed by atoms with van der Waals surface area (Å²) in [5.74, 6) is 0.115. The van der Waals surface area contributed by atoms with Crippen molar-refractivity contribution >= 4 is 26.8 Å². The fourth-order valence-corrected chi connectivity index (χ4v) is 1.74. The second-order valence-corrected chi connectivity index (χ2v) is 3.28. The molecular formula is C7H5BrN2O2. The molecule has 12 heavy (non-hydrogen) atoms. The number of hydrogen-bond donors (Lipinski definition) is 3. The Morgan fingerprint density at radius 2 is 2.08 bits per heavy atom. The Hall–Kier alpha value is -1.23. The van der Waals surface area contributed by atoms with Gasteiger partial charge in [0.1, 0.15) is 5.75 Å². The Balaban J connectivity index is 3.03. The summed E-state index contributed by atoms with van der Waals surface area (Å²) >= 11 is 3.18. The number of rotatable bonds is 0. The molecule has 0 unspecified atom stereocenters. The third-order valence-corrected chi connectivity index (χ3v) is 2.24. The molecule has 0 spiro atoms. The van der Waals surface area contributed by atoms with Crippen LogP contribution >= 0.6 is 15.9 Å². The quantitative estimate of drug-likeness (QED) is 0.637. The third kappa shape index (κ3) is 0.937. The van der Waals surface area contributed by atoms with Gasteiger partial charge in [-0.25, -0.2) is 0 Å². The molecule has 0 atom stereocenters. The molecule has 0 bridgehead atoms. The van der Waals surface area contributed by atoms with Crippen LogP contribution in [0.2, 0.25) is 0 Å². The molecule has 0 fully saturated rings. The second kappa shape index (κ2) is 2.38. The van der Waals surface area contributed by atoms with Gasteiger partial charge in [0.15, 0.2) is 0 Å². The van der Waals surface area contributed by atoms with Crippen LogP contribution in [0.15, 0.2) is 21.4 Å². The Morgan fingerprint density at radius 1 is 1.33 bits per heavy atom. The van der Waals surface area contributed by atoms with Crippen molar-refractivity contribution in [3.8, 4) is 5.75 Å². The highest BCUT2D eigenvalue weighted by Crippen LogP contribution is 2.24. The molecule has 1 aromatic heterocycles. The fraction of sp³-hybridized carbons (Fsp3) is 0. The first kappa shape index (κ1) is 7.42. The number of aromatic amines is 2.